The van der Waals surface area contributed by atoms with Crippen LogP contribution in [-0.4, -0.2) is 40.7 Å². The van der Waals surface area contributed by atoms with Crippen LogP contribution in [0.3, 0.4) is 0 Å². The number of carbonyl (C=O) groups excluding carboxylic acids is 1. The molecule has 1 saturated carbocycles. The number of oxime groups is 1. The average molecular weight is 546 g/mol. The van der Waals surface area contributed by atoms with Gasteiger partial charge in [-0.15, -0.1) is 10.2 Å². The molecule has 0 radical (unpaired) electrons. The van der Waals surface area contributed by atoms with Crippen LogP contribution >= 0.6 is 0 Å². The van der Waals surface area contributed by atoms with Crippen molar-refractivity contribution in [3.63, 3.8) is 0 Å². The number of allylic oxidation sites excluding steroid dienone is 2. The van der Waals surface area contributed by atoms with E-state index in [4.69, 9.17) is 4.84 Å². The van der Waals surface area contributed by atoms with Crippen LogP contribution < -0.4 is 5.32 Å². The highest BCUT2D eigenvalue weighted by molar-refractivity contribution is 5.51. The van der Waals surface area contributed by atoms with Crippen LogP contribution in [0.25, 0.3) is 0 Å². The lowest BCUT2D eigenvalue weighted by atomic mass is 9.97. The van der Waals surface area contributed by atoms with Gasteiger partial charge in [0.25, 0.3) is 0 Å². The lowest BCUT2D eigenvalue weighted by molar-refractivity contribution is -0.108. The molecule has 1 N–H and O–H groups in total. The van der Waals surface area contributed by atoms with Gasteiger partial charge in [-0.2, -0.15) is 0 Å². The van der Waals surface area contributed by atoms with Crippen molar-refractivity contribution < 1.29 is 18.4 Å². The number of alkyl halides is 2. The number of nitrogens with one attached hydrogen (secondary N) is 1. The third-order valence-corrected chi connectivity index (χ3v) is 6.69. The molecule has 0 aliphatic heterocycles. The summed E-state index contributed by atoms with van der Waals surface area (Å²) in [6.07, 6.45) is 7.34. The topological polar surface area (TPSA) is 81.4 Å². The molecule has 1 aliphatic rings. The first-order valence-corrected chi connectivity index (χ1v) is 13.9. The molecule has 39 heavy (non-hydrogen) atoms. The third-order valence-electron chi connectivity index (χ3n) is 6.69. The Morgan fingerprint density at radius 1 is 1.33 bits per heavy atom. The molecule has 2 aromatic rings. The first kappa shape index (κ1) is 32.1. The van der Waals surface area contributed by atoms with E-state index in [0.717, 1.165) is 39.0 Å². The van der Waals surface area contributed by atoms with E-state index < -0.39 is 18.3 Å². The molecule has 7 nitrogen and oxygen atoms in total. The normalized spacial score (nSPS) is 14.4. The van der Waals surface area contributed by atoms with Gasteiger partial charge in [-0.05, 0) is 68.7 Å². The van der Waals surface area contributed by atoms with Gasteiger partial charge in [-0.3, -0.25) is 0 Å². The second-order valence-electron chi connectivity index (χ2n) is 10.7. The van der Waals surface area contributed by atoms with E-state index in [1.165, 1.54) is 16.8 Å². The molecule has 0 saturated heterocycles. The van der Waals surface area contributed by atoms with Crippen molar-refractivity contribution in [3.8, 4) is 0 Å². The number of anilines is 1. The largest absolute Gasteiger partial charge is 0.388 e. The van der Waals surface area contributed by atoms with E-state index >= 15 is 0 Å². The maximum absolute atomic E-state index is 13.6. The van der Waals surface area contributed by atoms with Crippen LogP contribution in [0.5, 0.6) is 0 Å². The van der Waals surface area contributed by atoms with Gasteiger partial charge in [0.1, 0.15) is 23.7 Å². The SMILES string of the molecule is C=NO/C(=C\Cc1nnc([C@H](CC=O)CC(C)(F)F)n1C1CC1)CCC(C)C.CCc1ccc(NC)c(C)c1. The standard InChI is InChI=1S/C20H30F2N4O2.C10H15N/c1-14(2)5-8-17(28-23-4)9-10-18-24-25-19(26(18)16-6-7-16)15(11-12-27)13-20(3,21)22;1-4-9-5-6-10(11-3)8(2)7-9/h9,12,14-16H,4-8,10-11,13H2,1-3H3;5-7,11H,4H2,1-3H3/b17-9-;/t15-;/m1./s1. The fourth-order valence-corrected chi connectivity index (χ4v) is 4.44. The molecule has 1 atom stereocenters. The summed E-state index contributed by atoms with van der Waals surface area (Å²) in [4.78, 5) is 16.3. The zero-order valence-corrected chi connectivity index (χ0v) is 24.3. The zero-order chi connectivity index (χ0) is 29.0. The number of aryl methyl sites for hydroxylation is 2. The third kappa shape index (κ3) is 10.9. The predicted molar refractivity (Wildman–Crippen MR) is 154 cm³/mol. The quantitative estimate of drug-likeness (QED) is 0.109. The van der Waals surface area contributed by atoms with Crippen molar-refractivity contribution in [1.82, 2.24) is 14.8 Å². The van der Waals surface area contributed by atoms with Crippen LogP contribution in [0.15, 0.2) is 35.2 Å². The smallest absolute Gasteiger partial charge is 0.246 e. The number of aromatic nitrogens is 3. The maximum Gasteiger partial charge on any atom is 0.246 e. The first-order valence-electron chi connectivity index (χ1n) is 13.9. The Bertz CT molecular complexity index is 1090. The van der Waals surface area contributed by atoms with Gasteiger partial charge in [0, 0.05) is 57.1 Å². The van der Waals surface area contributed by atoms with Gasteiger partial charge in [-0.25, -0.2) is 8.78 Å². The average Bonchev–Trinajstić information content (AvgIpc) is 3.63. The van der Waals surface area contributed by atoms with E-state index in [1.807, 2.05) is 17.7 Å². The van der Waals surface area contributed by atoms with E-state index in [0.29, 0.717) is 36.0 Å². The number of rotatable bonds is 15. The molecule has 216 valence electrons. The van der Waals surface area contributed by atoms with Crippen molar-refractivity contribution in [1.29, 1.82) is 0 Å². The fourth-order valence-electron chi connectivity index (χ4n) is 4.44. The minimum Gasteiger partial charge on any atom is -0.388 e. The minimum absolute atomic E-state index is 0.00720. The Kier molecular flexibility index (Phi) is 12.7. The fraction of sp³-hybridized carbons (Fsp3) is 0.600. The van der Waals surface area contributed by atoms with Gasteiger partial charge >= 0.3 is 0 Å². The van der Waals surface area contributed by atoms with Crippen molar-refractivity contribution in [2.75, 3.05) is 12.4 Å². The summed E-state index contributed by atoms with van der Waals surface area (Å²) in [5.74, 6) is -1.11. The second kappa shape index (κ2) is 15.5. The van der Waals surface area contributed by atoms with E-state index in [-0.39, 0.29) is 12.5 Å². The Labute approximate surface area is 232 Å². The van der Waals surface area contributed by atoms with E-state index in [9.17, 15) is 13.6 Å². The van der Waals surface area contributed by atoms with Crippen molar-refractivity contribution in [3.05, 3.63) is 52.8 Å². The van der Waals surface area contributed by atoms with Crippen LogP contribution in [0.1, 0.15) is 101 Å². The van der Waals surface area contributed by atoms with Crippen LogP contribution in [-0.2, 0) is 22.5 Å². The summed E-state index contributed by atoms with van der Waals surface area (Å²) in [5, 5.41) is 15.1. The number of nitrogens with zero attached hydrogens (tertiary/aromatic N) is 4. The molecule has 0 unspecified atom stereocenters. The Morgan fingerprint density at radius 2 is 2.05 bits per heavy atom. The first-order chi connectivity index (χ1) is 18.5. The molecule has 1 fully saturated rings. The minimum atomic E-state index is -2.87. The molecular weight excluding hydrogens is 500 g/mol. The molecular formula is C30H45F2N5O2. The number of hydrogen-bond donors (Lipinski definition) is 1. The Balaban J connectivity index is 0.000000404. The second-order valence-corrected chi connectivity index (χ2v) is 10.7. The summed E-state index contributed by atoms with van der Waals surface area (Å²) >= 11 is 0. The number of benzene rings is 1. The molecule has 0 spiro atoms. The van der Waals surface area contributed by atoms with Crippen LogP contribution in [0.2, 0.25) is 0 Å². The van der Waals surface area contributed by atoms with E-state index in [2.05, 4.69) is 73.3 Å². The molecule has 0 bridgehead atoms. The van der Waals surface area contributed by atoms with Gasteiger partial charge in [-0.1, -0.05) is 38.1 Å². The summed E-state index contributed by atoms with van der Waals surface area (Å²) in [6.45, 7) is 12.8. The Morgan fingerprint density at radius 3 is 2.56 bits per heavy atom. The molecule has 1 aromatic heterocycles. The highest BCUT2D eigenvalue weighted by Gasteiger charge is 2.35. The molecule has 9 heteroatoms. The van der Waals surface area contributed by atoms with Gasteiger partial charge < -0.3 is 19.5 Å². The molecule has 0 amide bonds. The number of carbonyl (C=O) groups is 1. The molecule has 3 rings (SSSR count). The summed E-state index contributed by atoms with van der Waals surface area (Å²) < 4.78 is 29.2. The molecule has 1 aromatic carbocycles. The van der Waals surface area contributed by atoms with Gasteiger partial charge in [0.15, 0.2) is 0 Å². The lowest BCUT2D eigenvalue weighted by Gasteiger charge is -2.19. The van der Waals surface area contributed by atoms with Crippen molar-refractivity contribution in [2.24, 2.45) is 11.1 Å². The number of hydrogen-bond acceptors (Lipinski definition) is 6. The number of aldehydes is 1. The predicted octanol–water partition coefficient (Wildman–Crippen LogP) is 7.42. The highest BCUT2D eigenvalue weighted by Crippen LogP contribution is 2.40. The monoisotopic (exact) mass is 545 g/mol. The zero-order valence-electron chi connectivity index (χ0n) is 24.3. The molecule has 1 heterocycles. The lowest BCUT2D eigenvalue weighted by Crippen LogP contribution is -2.19. The van der Waals surface area contributed by atoms with Crippen molar-refractivity contribution in [2.45, 2.75) is 104 Å². The van der Waals surface area contributed by atoms with Crippen LogP contribution in [0.4, 0.5) is 14.5 Å². The maximum atomic E-state index is 13.6. The summed E-state index contributed by atoms with van der Waals surface area (Å²) in [5.41, 5.74) is 3.95. The molecule has 1 aliphatic carbocycles. The van der Waals surface area contributed by atoms with E-state index in [1.54, 1.807) is 0 Å². The van der Waals surface area contributed by atoms with Gasteiger partial charge in [0.2, 0.25) is 5.92 Å². The van der Waals surface area contributed by atoms with Crippen molar-refractivity contribution >= 4 is 18.7 Å². The van der Waals surface area contributed by atoms with Crippen LogP contribution in [0, 0.1) is 12.8 Å². The van der Waals surface area contributed by atoms with Gasteiger partial charge in [0.05, 0.1) is 0 Å². The highest BCUT2D eigenvalue weighted by atomic mass is 19.3. The Hall–Kier alpha value is -3.10. The number of halogens is 2. The summed E-state index contributed by atoms with van der Waals surface area (Å²) in [7, 11) is 1.95. The summed E-state index contributed by atoms with van der Waals surface area (Å²) in [6, 6.07) is 6.74.